The Balaban J connectivity index is 2.12. The van der Waals surface area contributed by atoms with Crippen LogP contribution in [0.15, 0.2) is 22.7 Å². The van der Waals surface area contributed by atoms with Crippen LogP contribution >= 0.6 is 15.9 Å². The first-order valence-electron chi connectivity index (χ1n) is 5.43. The highest BCUT2D eigenvalue weighted by molar-refractivity contribution is 9.10. The third kappa shape index (κ3) is 2.52. The molecule has 1 heterocycles. The number of anilines is 1. The smallest absolute Gasteiger partial charge is 0.0369 e. The molecule has 2 rings (SSSR count). The van der Waals surface area contributed by atoms with Gasteiger partial charge in [0.1, 0.15) is 0 Å². The van der Waals surface area contributed by atoms with E-state index in [1.807, 2.05) is 0 Å². The Morgan fingerprint density at radius 2 is 2.00 bits per heavy atom. The lowest BCUT2D eigenvalue weighted by Gasteiger charge is -2.32. The van der Waals surface area contributed by atoms with Crippen molar-refractivity contribution in [2.75, 3.05) is 18.0 Å². The predicted molar refractivity (Wildman–Crippen MR) is 68.3 cm³/mol. The minimum atomic E-state index is 0.401. The van der Waals surface area contributed by atoms with E-state index in [2.05, 4.69) is 46.0 Å². The molecule has 1 aromatic carbocycles. The zero-order valence-electron chi connectivity index (χ0n) is 9.04. The lowest BCUT2D eigenvalue weighted by Crippen LogP contribution is -2.39. The topological polar surface area (TPSA) is 29.3 Å². The summed E-state index contributed by atoms with van der Waals surface area (Å²) in [5, 5.41) is 0. The standard InChI is InChI=1S/C12H17BrN2/c1-9-8-11(2-3-12(9)13)15-6-4-10(14)5-7-15/h2-3,8,10H,4-7,14H2,1H3. The van der Waals surface area contributed by atoms with Gasteiger partial charge in [-0.3, -0.25) is 0 Å². The fourth-order valence-electron chi connectivity index (χ4n) is 1.98. The van der Waals surface area contributed by atoms with Crippen molar-refractivity contribution in [3.63, 3.8) is 0 Å². The van der Waals surface area contributed by atoms with Crippen LogP contribution in [0.4, 0.5) is 5.69 Å². The number of piperidine rings is 1. The van der Waals surface area contributed by atoms with Gasteiger partial charge in [-0.05, 0) is 43.5 Å². The van der Waals surface area contributed by atoms with E-state index >= 15 is 0 Å². The highest BCUT2D eigenvalue weighted by Gasteiger charge is 2.16. The maximum atomic E-state index is 5.89. The van der Waals surface area contributed by atoms with Crippen LogP contribution in [0.1, 0.15) is 18.4 Å². The molecule has 0 unspecified atom stereocenters. The summed E-state index contributed by atoms with van der Waals surface area (Å²) in [5.74, 6) is 0. The van der Waals surface area contributed by atoms with Crippen LogP contribution in [0.3, 0.4) is 0 Å². The average Bonchev–Trinajstić information content (AvgIpc) is 2.23. The number of hydrogen-bond acceptors (Lipinski definition) is 2. The van der Waals surface area contributed by atoms with Crippen LogP contribution in [-0.4, -0.2) is 19.1 Å². The largest absolute Gasteiger partial charge is 0.371 e. The maximum absolute atomic E-state index is 5.89. The number of rotatable bonds is 1. The molecule has 1 aliphatic heterocycles. The molecule has 0 aliphatic carbocycles. The van der Waals surface area contributed by atoms with Crippen LogP contribution in [0.2, 0.25) is 0 Å². The van der Waals surface area contributed by atoms with E-state index in [0.29, 0.717) is 6.04 Å². The zero-order chi connectivity index (χ0) is 10.8. The molecule has 0 atom stereocenters. The van der Waals surface area contributed by atoms with Crippen molar-refractivity contribution in [1.82, 2.24) is 0 Å². The molecule has 1 saturated heterocycles. The number of hydrogen-bond donors (Lipinski definition) is 1. The molecular weight excluding hydrogens is 252 g/mol. The molecule has 0 bridgehead atoms. The summed E-state index contributed by atoms with van der Waals surface area (Å²) >= 11 is 3.52. The molecular formula is C12H17BrN2. The minimum Gasteiger partial charge on any atom is -0.371 e. The second-order valence-corrected chi connectivity index (χ2v) is 5.11. The molecule has 15 heavy (non-hydrogen) atoms. The predicted octanol–water partition coefficient (Wildman–Crippen LogP) is 2.69. The first kappa shape index (κ1) is 11.0. The van der Waals surface area contributed by atoms with Crippen molar-refractivity contribution in [1.29, 1.82) is 0 Å². The Morgan fingerprint density at radius 1 is 1.33 bits per heavy atom. The molecule has 82 valence electrons. The molecule has 2 N–H and O–H groups in total. The summed E-state index contributed by atoms with van der Waals surface area (Å²) in [7, 11) is 0. The average molecular weight is 269 g/mol. The number of nitrogens with two attached hydrogens (primary N) is 1. The van der Waals surface area contributed by atoms with Crippen molar-refractivity contribution >= 4 is 21.6 Å². The van der Waals surface area contributed by atoms with Crippen molar-refractivity contribution in [2.45, 2.75) is 25.8 Å². The van der Waals surface area contributed by atoms with Crippen molar-refractivity contribution in [3.8, 4) is 0 Å². The molecule has 2 nitrogen and oxygen atoms in total. The molecule has 0 saturated carbocycles. The summed E-state index contributed by atoms with van der Waals surface area (Å²) in [4.78, 5) is 2.42. The molecule has 3 heteroatoms. The van der Waals surface area contributed by atoms with Gasteiger partial charge in [0.2, 0.25) is 0 Å². The van der Waals surface area contributed by atoms with Crippen LogP contribution in [0, 0.1) is 6.92 Å². The fraction of sp³-hybridized carbons (Fsp3) is 0.500. The number of nitrogens with zero attached hydrogens (tertiary/aromatic N) is 1. The van der Waals surface area contributed by atoms with Gasteiger partial charge in [-0.25, -0.2) is 0 Å². The van der Waals surface area contributed by atoms with E-state index in [4.69, 9.17) is 5.73 Å². The molecule has 1 fully saturated rings. The van der Waals surface area contributed by atoms with Gasteiger partial charge in [0.05, 0.1) is 0 Å². The summed E-state index contributed by atoms with van der Waals surface area (Å²) < 4.78 is 1.18. The van der Waals surface area contributed by atoms with E-state index in [-0.39, 0.29) is 0 Å². The van der Waals surface area contributed by atoms with Gasteiger partial charge < -0.3 is 10.6 Å². The molecule has 1 aromatic rings. The zero-order valence-corrected chi connectivity index (χ0v) is 10.6. The van der Waals surface area contributed by atoms with Crippen molar-refractivity contribution in [3.05, 3.63) is 28.2 Å². The highest BCUT2D eigenvalue weighted by atomic mass is 79.9. The lowest BCUT2D eigenvalue weighted by molar-refractivity contribution is 0.501. The van der Waals surface area contributed by atoms with E-state index < -0.39 is 0 Å². The Labute approximate surface area is 99.6 Å². The molecule has 0 amide bonds. The summed E-state index contributed by atoms with van der Waals surface area (Å²) in [6, 6.07) is 6.94. The molecule has 0 spiro atoms. The molecule has 0 aromatic heterocycles. The van der Waals surface area contributed by atoms with E-state index in [1.165, 1.54) is 15.7 Å². The van der Waals surface area contributed by atoms with E-state index in [1.54, 1.807) is 0 Å². The van der Waals surface area contributed by atoms with Gasteiger partial charge in [0.25, 0.3) is 0 Å². The fourth-order valence-corrected chi connectivity index (χ4v) is 2.23. The molecule has 1 aliphatic rings. The van der Waals surface area contributed by atoms with Crippen LogP contribution in [0.25, 0.3) is 0 Å². The van der Waals surface area contributed by atoms with Crippen molar-refractivity contribution < 1.29 is 0 Å². The molecule has 0 radical (unpaired) electrons. The van der Waals surface area contributed by atoms with Gasteiger partial charge in [-0.2, -0.15) is 0 Å². The first-order valence-corrected chi connectivity index (χ1v) is 6.23. The Morgan fingerprint density at radius 3 is 2.60 bits per heavy atom. The van der Waals surface area contributed by atoms with Crippen molar-refractivity contribution in [2.24, 2.45) is 5.73 Å². The van der Waals surface area contributed by atoms with E-state index in [0.717, 1.165) is 25.9 Å². The summed E-state index contributed by atoms with van der Waals surface area (Å²) in [6.07, 6.45) is 2.21. The van der Waals surface area contributed by atoms with Gasteiger partial charge in [0, 0.05) is 29.3 Å². The SMILES string of the molecule is Cc1cc(N2CCC(N)CC2)ccc1Br. The van der Waals surface area contributed by atoms with E-state index in [9.17, 15) is 0 Å². The van der Waals surface area contributed by atoms with Gasteiger partial charge in [-0.1, -0.05) is 15.9 Å². The van der Waals surface area contributed by atoms with Gasteiger partial charge in [0.15, 0.2) is 0 Å². The summed E-state index contributed by atoms with van der Waals surface area (Å²) in [6.45, 7) is 4.30. The second kappa shape index (κ2) is 4.54. The highest BCUT2D eigenvalue weighted by Crippen LogP contribution is 2.24. The normalized spacial score (nSPS) is 18.2. The minimum absolute atomic E-state index is 0.401. The number of benzene rings is 1. The van der Waals surface area contributed by atoms with Gasteiger partial charge >= 0.3 is 0 Å². The Kier molecular flexibility index (Phi) is 3.32. The van der Waals surface area contributed by atoms with Crippen LogP contribution < -0.4 is 10.6 Å². The Hall–Kier alpha value is -0.540. The Bertz CT molecular complexity index is 343. The number of aryl methyl sites for hydroxylation is 1. The monoisotopic (exact) mass is 268 g/mol. The maximum Gasteiger partial charge on any atom is 0.0369 e. The van der Waals surface area contributed by atoms with Gasteiger partial charge in [-0.15, -0.1) is 0 Å². The quantitative estimate of drug-likeness (QED) is 0.849. The van der Waals surface area contributed by atoms with Crippen LogP contribution in [-0.2, 0) is 0 Å². The lowest BCUT2D eigenvalue weighted by atomic mass is 10.1. The second-order valence-electron chi connectivity index (χ2n) is 4.26. The third-order valence-corrected chi connectivity index (χ3v) is 3.94. The first-order chi connectivity index (χ1) is 7.16. The number of halogens is 1. The third-order valence-electron chi connectivity index (χ3n) is 3.05. The van der Waals surface area contributed by atoms with Crippen LogP contribution in [0.5, 0.6) is 0 Å². The summed E-state index contributed by atoms with van der Waals surface area (Å²) in [5.41, 5.74) is 8.51.